The Hall–Kier alpha value is -2.18. The second-order valence-electron chi connectivity index (χ2n) is 5.03. The van der Waals surface area contributed by atoms with Crippen LogP contribution in [0.25, 0.3) is 0 Å². The third-order valence-corrected chi connectivity index (χ3v) is 4.43. The fourth-order valence-electron chi connectivity index (χ4n) is 2.21. The Bertz CT molecular complexity index is 798. The van der Waals surface area contributed by atoms with E-state index in [-0.39, 0.29) is 22.2 Å². The van der Waals surface area contributed by atoms with Gasteiger partial charge in [0.15, 0.2) is 6.10 Å². The molecule has 0 saturated heterocycles. The summed E-state index contributed by atoms with van der Waals surface area (Å²) in [6.45, 7) is 0. The zero-order valence-electron chi connectivity index (χ0n) is 12.4. The van der Waals surface area contributed by atoms with Crippen LogP contribution in [0.3, 0.4) is 0 Å². The van der Waals surface area contributed by atoms with E-state index in [1.165, 1.54) is 18.2 Å². The second-order valence-corrected chi connectivity index (χ2v) is 6.13. The van der Waals surface area contributed by atoms with Gasteiger partial charge in [0.1, 0.15) is 5.82 Å². The number of nitrogens with two attached hydrogens (primary N) is 1. The maximum absolute atomic E-state index is 14.1. The molecule has 1 aliphatic rings. The highest BCUT2D eigenvalue weighted by atomic mass is 35.5. The number of hydrogen-bond acceptors (Lipinski definition) is 5. The van der Waals surface area contributed by atoms with Crippen molar-refractivity contribution in [2.24, 2.45) is 5.73 Å². The van der Waals surface area contributed by atoms with Gasteiger partial charge in [-0.15, -0.1) is 0 Å². The van der Waals surface area contributed by atoms with Crippen LogP contribution in [0.1, 0.15) is 17.2 Å². The fourth-order valence-corrected chi connectivity index (χ4v) is 3.07. The summed E-state index contributed by atoms with van der Waals surface area (Å²) in [5.41, 5.74) is 6.77. The third-order valence-electron chi connectivity index (χ3n) is 3.41. The van der Waals surface area contributed by atoms with Gasteiger partial charge < -0.3 is 14.7 Å². The van der Waals surface area contributed by atoms with Gasteiger partial charge in [0.05, 0.1) is 22.8 Å². The van der Waals surface area contributed by atoms with E-state index in [0.717, 1.165) is 17.6 Å². The summed E-state index contributed by atoms with van der Waals surface area (Å²) < 4.78 is 24.8. The van der Waals surface area contributed by atoms with Gasteiger partial charge in [-0.3, -0.25) is 4.79 Å². The van der Waals surface area contributed by atoms with Gasteiger partial charge >= 0.3 is 0 Å². The SMILES string of the molecule is NC1=C(OSCc2ccccc2)C(=O)C(c2cccc(Cl)c2F)O1. The number of Topliss-reactive ketones (excluding diaryl/α,β-unsaturated/α-hetero) is 1. The minimum absolute atomic E-state index is 0.0297. The second kappa shape index (κ2) is 7.15. The van der Waals surface area contributed by atoms with Crippen molar-refractivity contribution in [3.05, 3.63) is 82.1 Å². The van der Waals surface area contributed by atoms with E-state index in [1.807, 2.05) is 30.3 Å². The molecule has 3 rings (SSSR count). The maximum atomic E-state index is 14.1. The molecule has 2 aromatic rings. The van der Waals surface area contributed by atoms with Crippen molar-refractivity contribution in [3.63, 3.8) is 0 Å². The van der Waals surface area contributed by atoms with Gasteiger partial charge in [-0.25, -0.2) is 4.39 Å². The average molecular weight is 366 g/mol. The predicted molar refractivity (Wildman–Crippen MR) is 90.3 cm³/mol. The number of ether oxygens (including phenoxy) is 1. The number of carbonyl (C=O) groups is 1. The molecule has 0 bridgehead atoms. The molecule has 1 atom stereocenters. The van der Waals surface area contributed by atoms with Crippen molar-refractivity contribution >= 4 is 29.4 Å². The van der Waals surface area contributed by atoms with E-state index in [1.54, 1.807) is 0 Å². The predicted octanol–water partition coefficient (Wildman–Crippen LogP) is 4.11. The third kappa shape index (κ3) is 3.34. The summed E-state index contributed by atoms with van der Waals surface area (Å²) in [6, 6.07) is 14.0. The normalized spacial score (nSPS) is 17.1. The molecule has 7 heteroatoms. The van der Waals surface area contributed by atoms with Gasteiger partial charge in [0.25, 0.3) is 0 Å². The Balaban J connectivity index is 1.68. The van der Waals surface area contributed by atoms with Crippen LogP contribution >= 0.6 is 23.6 Å². The fraction of sp³-hybridized carbons (Fsp3) is 0.118. The largest absolute Gasteiger partial charge is 0.460 e. The molecule has 124 valence electrons. The topological polar surface area (TPSA) is 61.5 Å². The standard InChI is InChI=1S/C17H13ClFNO3S/c18-12-8-4-7-11(13(12)19)15-14(21)16(17(20)22-15)23-24-9-10-5-2-1-3-6-10/h1-8,15H,9,20H2. The van der Waals surface area contributed by atoms with E-state index >= 15 is 0 Å². The Kier molecular flexibility index (Phi) is 4.97. The Morgan fingerprint density at radius 2 is 1.96 bits per heavy atom. The molecule has 4 nitrogen and oxygen atoms in total. The average Bonchev–Trinajstić information content (AvgIpc) is 2.86. The first-order chi connectivity index (χ1) is 11.6. The molecule has 0 spiro atoms. The number of halogens is 2. The molecule has 1 heterocycles. The molecule has 0 radical (unpaired) electrons. The quantitative estimate of drug-likeness (QED) is 0.808. The van der Waals surface area contributed by atoms with Crippen LogP contribution in [-0.4, -0.2) is 5.78 Å². The lowest BCUT2D eigenvalue weighted by Gasteiger charge is -2.11. The van der Waals surface area contributed by atoms with Gasteiger partial charge in [-0.2, -0.15) is 0 Å². The lowest BCUT2D eigenvalue weighted by atomic mass is 10.1. The lowest BCUT2D eigenvalue weighted by molar-refractivity contribution is -0.123. The number of rotatable bonds is 5. The zero-order chi connectivity index (χ0) is 17.1. The number of carbonyl (C=O) groups excluding carboxylic acids is 1. The summed E-state index contributed by atoms with van der Waals surface area (Å²) in [5.74, 6) is -0.982. The van der Waals surface area contributed by atoms with Crippen molar-refractivity contribution in [3.8, 4) is 0 Å². The molecule has 0 fully saturated rings. The van der Waals surface area contributed by atoms with E-state index in [9.17, 15) is 9.18 Å². The Labute approximate surface area is 147 Å². The summed E-state index contributed by atoms with van der Waals surface area (Å²) >= 11 is 6.80. The lowest BCUT2D eigenvalue weighted by Crippen LogP contribution is -2.12. The molecule has 24 heavy (non-hydrogen) atoms. The van der Waals surface area contributed by atoms with Crippen molar-refractivity contribution in [1.82, 2.24) is 0 Å². The first-order valence-corrected chi connectivity index (χ1v) is 8.34. The van der Waals surface area contributed by atoms with Crippen LogP contribution in [0.2, 0.25) is 5.02 Å². The Morgan fingerprint density at radius 1 is 1.21 bits per heavy atom. The summed E-state index contributed by atoms with van der Waals surface area (Å²) in [7, 11) is 0. The van der Waals surface area contributed by atoms with Crippen molar-refractivity contribution in [2.75, 3.05) is 0 Å². The number of benzene rings is 2. The van der Waals surface area contributed by atoms with Crippen LogP contribution in [0.5, 0.6) is 0 Å². The monoisotopic (exact) mass is 365 g/mol. The van der Waals surface area contributed by atoms with E-state index < -0.39 is 17.7 Å². The first-order valence-electron chi connectivity index (χ1n) is 7.06. The van der Waals surface area contributed by atoms with E-state index in [0.29, 0.717) is 5.75 Å². The van der Waals surface area contributed by atoms with Crippen LogP contribution in [0.4, 0.5) is 4.39 Å². The highest BCUT2D eigenvalue weighted by Gasteiger charge is 2.39. The van der Waals surface area contributed by atoms with Crippen molar-refractivity contribution in [1.29, 1.82) is 0 Å². The number of ketones is 1. The van der Waals surface area contributed by atoms with Gasteiger partial charge in [-0.1, -0.05) is 54.1 Å². The van der Waals surface area contributed by atoms with Gasteiger partial charge in [-0.05, 0) is 11.6 Å². The number of hydrogen-bond donors (Lipinski definition) is 1. The highest BCUT2D eigenvalue weighted by molar-refractivity contribution is 7.94. The molecule has 0 amide bonds. The molecule has 2 N–H and O–H groups in total. The molecular weight excluding hydrogens is 353 g/mol. The van der Waals surface area contributed by atoms with Crippen LogP contribution in [-0.2, 0) is 19.5 Å². The van der Waals surface area contributed by atoms with Gasteiger partial charge in [0.2, 0.25) is 17.4 Å². The Morgan fingerprint density at radius 3 is 2.71 bits per heavy atom. The molecule has 0 aliphatic carbocycles. The van der Waals surface area contributed by atoms with E-state index in [4.69, 9.17) is 26.3 Å². The molecule has 1 aliphatic heterocycles. The van der Waals surface area contributed by atoms with Crippen molar-refractivity contribution < 1.29 is 18.1 Å². The minimum atomic E-state index is -1.18. The van der Waals surface area contributed by atoms with Crippen LogP contribution in [0, 0.1) is 5.82 Å². The highest BCUT2D eigenvalue weighted by Crippen LogP contribution is 2.36. The van der Waals surface area contributed by atoms with Crippen LogP contribution < -0.4 is 5.73 Å². The molecule has 2 aromatic carbocycles. The molecule has 1 unspecified atom stereocenters. The molecular formula is C17H13ClFNO3S. The minimum Gasteiger partial charge on any atom is -0.460 e. The first kappa shape index (κ1) is 16.7. The molecule has 0 aromatic heterocycles. The van der Waals surface area contributed by atoms with Gasteiger partial charge in [0, 0.05) is 5.56 Å². The summed E-state index contributed by atoms with van der Waals surface area (Å²) in [6.07, 6.45) is -1.18. The molecule has 0 saturated carbocycles. The maximum Gasteiger partial charge on any atom is 0.249 e. The van der Waals surface area contributed by atoms with E-state index in [2.05, 4.69) is 0 Å². The smallest absolute Gasteiger partial charge is 0.249 e. The van der Waals surface area contributed by atoms with Crippen LogP contribution in [0.15, 0.2) is 60.2 Å². The summed E-state index contributed by atoms with van der Waals surface area (Å²) in [4.78, 5) is 12.4. The van der Waals surface area contributed by atoms with Crippen molar-refractivity contribution in [2.45, 2.75) is 11.9 Å². The zero-order valence-corrected chi connectivity index (χ0v) is 13.9. The summed E-state index contributed by atoms with van der Waals surface area (Å²) in [5, 5.41) is -0.0877.